The summed E-state index contributed by atoms with van der Waals surface area (Å²) in [6.45, 7) is 8.92. The van der Waals surface area contributed by atoms with Crippen molar-refractivity contribution >= 4 is 43.6 Å². The third-order valence-electron chi connectivity index (χ3n) is 2.51. The second kappa shape index (κ2) is 8.03. The van der Waals surface area contributed by atoms with Crippen molar-refractivity contribution in [2.75, 3.05) is 18.4 Å². The minimum Gasteiger partial charge on any atom is -0.444 e. The Hall–Kier alpha value is -0.750. The predicted octanol–water partition coefficient (Wildman–Crippen LogP) is 4.85. The van der Waals surface area contributed by atoms with E-state index in [-0.39, 0.29) is 6.09 Å². The Balaban J connectivity index is 2.31. The van der Waals surface area contributed by atoms with Crippen LogP contribution >= 0.6 is 31.9 Å². The first-order chi connectivity index (χ1) is 9.69. The molecular weight excluding hydrogens is 400 g/mol. The van der Waals surface area contributed by atoms with Gasteiger partial charge in [-0.25, -0.2) is 4.79 Å². The Labute approximate surface area is 143 Å². The molecule has 1 aromatic carbocycles. The van der Waals surface area contributed by atoms with Crippen molar-refractivity contribution in [3.8, 4) is 0 Å². The van der Waals surface area contributed by atoms with Crippen molar-refractivity contribution in [2.45, 2.75) is 39.7 Å². The molecule has 0 heterocycles. The van der Waals surface area contributed by atoms with E-state index in [1.165, 1.54) is 5.56 Å². The number of hydrogen-bond acceptors (Lipinski definition) is 3. The maximum absolute atomic E-state index is 11.5. The zero-order chi connectivity index (χ0) is 16.0. The van der Waals surface area contributed by atoms with Crippen LogP contribution in [0, 0.1) is 6.92 Å². The number of rotatable bonds is 5. The van der Waals surface area contributed by atoms with Gasteiger partial charge >= 0.3 is 6.09 Å². The normalized spacial score (nSPS) is 11.1. The number of anilines is 1. The van der Waals surface area contributed by atoms with E-state index in [0.29, 0.717) is 6.54 Å². The molecular formula is C15H22Br2N2O2. The Morgan fingerprint density at radius 3 is 2.29 bits per heavy atom. The van der Waals surface area contributed by atoms with Crippen LogP contribution in [0.25, 0.3) is 0 Å². The molecule has 0 aromatic heterocycles. The van der Waals surface area contributed by atoms with Crippen molar-refractivity contribution in [1.29, 1.82) is 0 Å². The molecule has 1 rings (SSSR count). The van der Waals surface area contributed by atoms with Crippen molar-refractivity contribution in [2.24, 2.45) is 0 Å². The first-order valence-electron chi connectivity index (χ1n) is 6.85. The molecule has 0 bridgehead atoms. The van der Waals surface area contributed by atoms with Gasteiger partial charge in [-0.15, -0.1) is 0 Å². The Kier molecular flexibility index (Phi) is 7.00. The summed E-state index contributed by atoms with van der Waals surface area (Å²) in [6.07, 6.45) is 0.437. The van der Waals surface area contributed by atoms with E-state index >= 15 is 0 Å². The quantitative estimate of drug-likeness (QED) is 0.668. The number of carbonyl (C=O) groups is 1. The number of aryl methyl sites for hydroxylation is 1. The van der Waals surface area contributed by atoms with Gasteiger partial charge in [-0.05, 0) is 83.7 Å². The molecule has 6 heteroatoms. The van der Waals surface area contributed by atoms with Gasteiger partial charge in [0.15, 0.2) is 0 Å². The predicted molar refractivity (Wildman–Crippen MR) is 93.9 cm³/mol. The Bertz CT molecular complexity index is 476. The van der Waals surface area contributed by atoms with E-state index in [4.69, 9.17) is 4.74 Å². The molecule has 1 amide bonds. The zero-order valence-corrected chi connectivity index (χ0v) is 16.0. The smallest absolute Gasteiger partial charge is 0.407 e. The molecule has 4 nitrogen and oxygen atoms in total. The fourth-order valence-corrected chi connectivity index (χ4v) is 3.37. The summed E-state index contributed by atoms with van der Waals surface area (Å²) >= 11 is 7.08. The number of ether oxygens (including phenoxy) is 1. The molecule has 0 aliphatic carbocycles. The molecule has 1 aromatic rings. The molecule has 0 aliphatic heterocycles. The number of benzene rings is 1. The highest BCUT2D eigenvalue weighted by atomic mass is 79.9. The first kappa shape index (κ1) is 18.3. The van der Waals surface area contributed by atoms with E-state index in [0.717, 1.165) is 27.6 Å². The van der Waals surface area contributed by atoms with Gasteiger partial charge in [0.05, 0.1) is 5.69 Å². The lowest BCUT2D eigenvalue weighted by Gasteiger charge is -2.19. The molecule has 0 fully saturated rings. The monoisotopic (exact) mass is 420 g/mol. The van der Waals surface area contributed by atoms with Gasteiger partial charge in [0.25, 0.3) is 0 Å². The maximum atomic E-state index is 11.5. The molecule has 0 atom stereocenters. The molecule has 0 unspecified atom stereocenters. The largest absolute Gasteiger partial charge is 0.444 e. The van der Waals surface area contributed by atoms with Gasteiger partial charge in [-0.3, -0.25) is 0 Å². The van der Waals surface area contributed by atoms with E-state index < -0.39 is 5.60 Å². The van der Waals surface area contributed by atoms with Gasteiger partial charge < -0.3 is 15.4 Å². The van der Waals surface area contributed by atoms with Crippen LogP contribution in [0.4, 0.5) is 10.5 Å². The summed E-state index contributed by atoms with van der Waals surface area (Å²) in [5.74, 6) is 0. The highest BCUT2D eigenvalue weighted by Gasteiger charge is 2.15. The highest BCUT2D eigenvalue weighted by Crippen LogP contribution is 2.32. The van der Waals surface area contributed by atoms with E-state index in [1.807, 2.05) is 27.7 Å². The SMILES string of the molecule is Cc1cc(Br)c(NCCCNC(=O)OC(C)(C)C)c(Br)c1. The van der Waals surface area contributed by atoms with Crippen molar-refractivity contribution in [1.82, 2.24) is 5.32 Å². The summed E-state index contributed by atoms with van der Waals surface area (Å²) in [5.41, 5.74) is 1.75. The van der Waals surface area contributed by atoms with Crippen LogP contribution in [-0.4, -0.2) is 24.8 Å². The first-order valence-corrected chi connectivity index (χ1v) is 8.44. The fraction of sp³-hybridized carbons (Fsp3) is 0.533. The summed E-state index contributed by atoms with van der Waals surface area (Å²) in [4.78, 5) is 11.5. The summed E-state index contributed by atoms with van der Waals surface area (Å²) in [7, 11) is 0. The zero-order valence-electron chi connectivity index (χ0n) is 12.8. The van der Waals surface area contributed by atoms with Crippen LogP contribution in [0.15, 0.2) is 21.1 Å². The second-order valence-electron chi connectivity index (χ2n) is 5.81. The third-order valence-corrected chi connectivity index (χ3v) is 3.76. The molecule has 0 aliphatic rings. The van der Waals surface area contributed by atoms with Gasteiger partial charge in [-0.2, -0.15) is 0 Å². The van der Waals surface area contributed by atoms with E-state index in [2.05, 4.69) is 54.6 Å². The second-order valence-corrected chi connectivity index (χ2v) is 7.52. The van der Waals surface area contributed by atoms with Crippen LogP contribution < -0.4 is 10.6 Å². The van der Waals surface area contributed by atoms with Gasteiger partial charge in [0, 0.05) is 22.0 Å². The minimum atomic E-state index is -0.458. The van der Waals surface area contributed by atoms with Crippen molar-refractivity contribution in [3.05, 3.63) is 26.6 Å². The molecule has 0 saturated carbocycles. The lowest BCUT2D eigenvalue weighted by atomic mass is 10.2. The molecule has 0 spiro atoms. The minimum absolute atomic E-state index is 0.375. The van der Waals surface area contributed by atoms with Gasteiger partial charge in [0.1, 0.15) is 5.60 Å². The molecule has 21 heavy (non-hydrogen) atoms. The summed E-state index contributed by atoms with van der Waals surface area (Å²) < 4.78 is 7.21. The summed E-state index contributed by atoms with van der Waals surface area (Å²) in [6, 6.07) is 4.12. The summed E-state index contributed by atoms with van der Waals surface area (Å²) in [5, 5.41) is 6.08. The highest BCUT2D eigenvalue weighted by molar-refractivity contribution is 9.11. The van der Waals surface area contributed by atoms with Crippen LogP contribution in [0.1, 0.15) is 32.8 Å². The third kappa shape index (κ3) is 7.18. The number of hydrogen-bond donors (Lipinski definition) is 2. The molecule has 118 valence electrons. The lowest BCUT2D eigenvalue weighted by Crippen LogP contribution is -2.33. The van der Waals surface area contributed by atoms with Crippen molar-refractivity contribution in [3.63, 3.8) is 0 Å². The van der Waals surface area contributed by atoms with E-state index in [1.54, 1.807) is 0 Å². The molecule has 0 saturated heterocycles. The van der Waals surface area contributed by atoms with Crippen LogP contribution in [0.5, 0.6) is 0 Å². The van der Waals surface area contributed by atoms with Gasteiger partial charge in [0.2, 0.25) is 0 Å². The fourth-order valence-electron chi connectivity index (χ4n) is 1.68. The van der Waals surface area contributed by atoms with Crippen molar-refractivity contribution < 1.29 is 9.53 Å². The number of alkyl carbamates (subject to hydrolysis) is 1. The van der Waals surface area contributed by atoms with E-state index in [9.17, 15) is 4.79 Å². The van der Waals surface area contributed by atoms with Crippen LogP contribution in [0.2, 0.25) is 0 Å². The average molecular weight is 422 g/mol. The molecule has 0 radical (unpaired) electrons. The number of amides is 1. The topological polar surface area (TPSA) is 50.4 Å². The number of carbonyl (C=O) groups excluding carboxylic acids is 1. The standard InChI is InChI=1S/C15H22Br2N2O2/c1-10-8-11(16)13(12(17)9-10)18-6-5-7-19-14(20)21-15(2,3)4/h8-9,18H,5-7H2,1-4H3,(H,19,20). The number of halogens is 2. The Morgan fingerprint density at radius 1 is 1.19 bits per heavy atom. The average Bonchev–Trinajstić information content (AvgIpc) is 2.29. The Morgan fingerprint density at radius 2 is 1.76 bits per heavy atom. The van der Waals surface area contributed by atoms with Crippen LogP contribution in [-0.2, 0) is 4.74 Å². The molecule has 2 N–H and O–H groups in total. The lowest BCUT2D eigenvalue weighted by molar-refractivity contribution is 0.0528. The van der Waals surface area contributed by atoms with Gasteiger partial charge in [-0.1, -0.05) is 0 Å². The van der Waals surface area contributed by atoms with Crippen LogP contribution in [0.3, 0.4) is 0 Å². The maximum Gasteiger partial charge on any atom is 0.407 e. The number of nitrogens with one attached hydrogen (secondary N) is 2.